The standard InChI is InChI=1S/C13H17BrN4OS.HI/c1-8-11(9(2)19-18-8)6-17-13(15-3)16-5-10-4-12(14)20-7-10;/h4,7H,5-6H2,1-3H3,(H2,15,16,17);1H. The van der Waals surface area contributed by atoms with Crippen LogP contribution in [0.1, 0.15) is 22.6 Å². The molecule has 0 unspecified atom stereocenters. The number of rotatable bonds is 4. The monoisotopic (exact) mass is 484 g/mol. The fourth-order valence-electron chi connectivity index (χ4n) is 1.77. The number of halogens is 2. The van der Waals surface area contributed by atoms with Crippen LogP contribution in [-0.4, -0.2) is 18.2 Å². The van der Waals surface area contributed by atoms with Gasteiger partial charge >= 0.3 is 0 Å². The molecule has 0 aromatic carbocycles. The molecule has 0 atom stereocenters. The number of hydrogen-bond donors (Lipinski definition) is 2. The van der Waals surface area contributed by atoms with Crippen LogP contribution in [0.15, 0.2) is 24.7 Å². The Labute approximate surface area is 153 Å². The molecule has 21 heavy (non-hydrogen) atoms. The van der Waals surface area contributed by atoms with Crippen LogP contribution < -0.4 is 10.6 Å². The third kappa shape index (κ3) is 5.26. The summed E-state index contributed by atoms with van der Waals surface area (Å²) in [6.45, 7) is 5.24. The maximum Gasteiger partial charge on any atom is 0.191 e. The third-order valence-corrected chi connectivity index (χ3v) is 4.47. The zero-order chi connectivity index (χ0) is 14.5. The molecule has 0 spiro atoms. The number of thiophene rings is 1. The van der Waals surface area contributed by atoms with Gasteiger partial charge in [-0.15, -0.1) is 35.3 Å². The molecule has 0 aliphatic rings. The van der Waals surface area contributed by atoms with Gasteiger partial charge in [0.25, 0.3) is 0 Å². The summed E-state index contributed by atoms with van der Waals surface area (Å²) in [5.41, 5.74) is 3.21. The van der Waals surface area contributed by atoms with Gasteiger partial charge in [-0.3, -0.25) is 4.99 Å². The Hall–Kier alpha value is -0.610. The van der Waals surface area contributed by atoms with Crippen LogP contribution in [0, 0.1) is 13.8 Å². The summed E-state index contributed by atoms with van der Waals surface area (Å²) in [6, 6.07) is 2.10. The predicted octanol–water partition coefficient (Wildman–Crippen LogP) is 3.60. The van der Waals surface area contributed by atoms with Crippen LogP contribution >= 0.6 is 51.2 Å². The minimum atomic E-state index is 0. The van der Waals surface area contributed by atoms with Crippen LogP contribution in [0.25, 0.3) is 0 Å². The van der Waals surface area contributed by atoms with Gasteiger partial charge in [-0.2, -0.15) is 0 Å². The number of aliphatic imine (C=N–C) groups is 1. The Morgan fingerprint density at radius 2 is 2.10 bits per heavy atom. The zero-order valence-corrected chi connectivity index (χ0v) is 16.8. The van der Waals surface area contributed by atoms with Crippen LogP contribution in [0.3, 0.4) is 0 Å². The van der Waals surface area contributed by atoms with Crippen LogP contribution in [0.2, 0.25) is 0 Å². The van der Waals surface area contributed by atoms with Crippen molar-refractivity contribution in [3.05, 3.63) is 37.8 Å². The second-order valence-electron chi connectivity index (χ2n) is 4.34. The summed E-state index contributed by atoms with van der Waals surface area (Å²) in [7, 11) is 1.76. The summed E-state index contributed by atoms with van der Waals surface area (Å²) in [5, 5.41) is 12.6. The smallest absolute Gasteiger partial charge is 0.191 e. The topological polar surface area (TPSA) is 62.5 Å². The van der Waals surface area contributed by atoms with Crippen LogP contribution in [0.4, 0.5) is 0 Å². The number of aryl methyl sites for hydroxylation is 2. The van der Waals surface area contributed by atoms with E-state index < -0.39 is 0 Å². The van der Waals surface area contributed by atoms with Gasteiger partial charge in [0, 0.05) is 25.7 Å². The minimum Gasteiger partial charge on any atom is -0.361 e. The fourth-order valence-corrected chi connectivity index (χ4v) is 2.98. The molecule has 116 valence electrons. The van der Waals surface area contributed by atoms with Crippen molar-refractivity contribution in [3.63, 3.8) is 0 Å². The highest BCUT2D eigenvalue weighted by Gasteiger charge is 2.09. The molecule has 0 amide bonds. The molecule has 0 saturated carbocycles. The van der Waals surface area contributed by atoms with Crippen LogP contribution in [-0.2, 0) is 13.1 Å². The highest BCUT2D eigenvalue weighted by molar-refractivity contribution is 14.0. The molecule has 0 aliphatic carbocycles. The van der Waals surface area contributed by atoms with Gasteiger partial charge in [-0.25, -0.2) is 0 Å². The fraction of sp³-hybridized carbons (Fsp3) is 0.385. The highest BCUT2D eigenvalue weighted by atomic mass is 127. The van der Waals surface area contributed by atoms with Crippen molar-refractivity contribution >= 4 is 57.2 Å². The first-order chi connectivity index (χ1) is 9.60. The lowest BCUT2D eigenvalue weighted by Gasteiger charge is -2.11. The molecule has 0 bridgehead atoms. The molecule has 0 aliphatic heterocycles. The van der Waals surface area contributed by atoms with Gasteiger partial charge in [0.15, 0.2) is 5.96 Å². The van der Waals surface area contributed by atoms with Crippen molar-refractivity contribution in [3.8, 4) is 0 Å². The maximum absolute atomic E-state index is 5.14. The molecule has 8 heteroatoms. The van der Waals surface area contributed by atoms with Crippen LogP contribution in [0.5, 0.6) is 0 Å². The molecule has 0 radical (unpaired) electrons. The van der Waals surface area contributed by atoms with Crippen molar-refractivity contribution in [1.29, 1.82) is 0 Å². The Balaban J connectivity index is 0.00000220. The SMILES string of the molecule is CN=C(NCc1csc(Br)c1)NCc1c(C)noc1C.I. The molecular formula is C13H18BrIN4OS. The van der Waals surface area contributed by atoms with E-state index in [1.807, 2.05) is 13.8 Å². The van der Waals surface area contributed by atoms with E-state index in [1.54, 1.807) is 18.4 Å². The van der Waals surface area contributed by atoms with E-state index in [9.17, 15) is 0 Å². The summed E-state index contributed by atoms with van der Waals surface area (Å²) in [6.07, 6.45) is 0. The lowest BCUT2D eigenvalue weighted by molar-refractivity contribution is 0.392. The molecule has 2 aromatic rings. The quantitative estimate of drug-likeness (QED) is 0.395. The number of nitrogens with one attached hydrogen (secondary N) is 2. The van der Waals surface area contributed by atoms with E-state index in [0.29, 0.717) is 6.54 Å². The van der Waals surface area contributed by atoms with Gasteiger partial charge in [0.2, 0.25) is 0 Å². The third-order valence-electron chi connectivity index (χ3n) is 2.92. The zero-order valence-electron chi connectivity index (χ0n) is 12.1. The Morgan fingerprint density at radius 1 is 1.38 bits per heavy atom. The average Bonchev–Trinajstić information content (AvgIpc) is 2.98. The largest absolute Gasteiger partial charge is 0.361 e. The molecular weight excluding hydrogens is 467 g/mol. The molecule has 0 saturated heterocycles. The molecule has 5 nitrogen and oxygen atoms in total. The molecule has 2 rings (SSSR count). The second kappa shape index (κ2) is 8.74. The summed E-state index contributed by atoms with van der Waals surface area (Å²) >= 11 is 5.13. The summed E-state index contributed by atoms with van der Waals surface area (Å²) in [4.78, 5) is 4.20. The lowest BCUT2D eigenvalue weighted by atomic mass is 10.2. The number of nitrogens with zero attached hydrogens (tertiary/aromatic N) is 2. The maximum atomic E-state index is 5.14. The first-order valence-electron chi connectivity index (χ1n) is 6.19. The Bertz CT molecular complexity index is 592. The molecule has 0 fully saturated rings. The van der Waals surface area contributed by atoms with Gasteiger partial charge < -0.3 is 15.2 Å². The van der Waals surface area contributed by atoms with E-state index in [1.165, 1.54) is 5.56 Å². The molecule has 2 heterocycles. The van der Waals surface area contributed by atoms with E-state index in [0.717, 1.165) is 33.3 Å². The first kappa shape index (κ1) is 18.4. The summed E-state index contributed by atoms with van der Waals surface area (Å²) < 4.78 is 6.27. The van der Waals surface area contributed by atoms with Crippen molar-refractivity contribution in [2.45, 2.75) is 26.9 Å². The normalized spacial score (nSPS) is 11.1. The lowest BCUT2D eigenvalue weighted by Crippen LogP contribution is -2.36. The summed E-state index contributed by atoms with van der Waals surface area (Å²) in [5.74, 6) is 1.60. The number of guanidine groups is 1. The number of hydrogen-bond acceptors (Lipinski definition) is 4. The van der Waals surface area contributed by atoms with Crippen molar-refractivity contribution < 1.29 is 4.52 Å². The van der Waals surface area contributed by atoms with Gasteiger partial charge in [0.1, 0.15) is 5.76 Å². The number of aromatic nitrogens is 1. The van der Waals surface area contributed by atoms with E-state index >= 15 is 0 Å². The highest BCUT2D eigenvalue weighted by Crippen LogP contribution is 2.20. The first-order valence-corrected chi connectivity index (χ1v) is 7.86. The van der Waals surface area contributed by atoms with Gasteiger partial charge in [-0.1, -0.05) is 5.16 Å². The second-order valence-corrected chi connectivity index (χ2v) is 6.63. The Kier molecular flexibility index (Phi) is 7.67. The Morgan fingerprint density at radius 3 is 2.62 bits per heavy atom. The minimum absolute atomic E-state index is 0. The van der Waals surface area contributed by atoms with E-state index in [4.69, 9.17) is 4.52 Å². The van der Waals surface area contributed by atoms with E-state index in [-0.39, 0.29) is 24.0 Å². The van der Waals surface area contributed by atoms with Crippen molar-refractivity contribution in [1.82, 2.24) is 15.8 Å². The predicted molar refractivity (Wildman–Crippen MR) is 100 cm³/mol. The molecule has 2 aromatic heterocycles. The van der Waals surface area contributed by atoms with Crippen molar-refractivity contribution in [2.24, 2.45) is 4.99 Å². The van der Waals surface area contributed by atoms with Gasteiger partial charge in [-0.05, 0) is 46.8 Å². The average molecular weight is 485 g/mol. The van der Waals surface area contributed by atoms with Gasteiger partial charge in [0.05, 0.1) is 9.48 Å². The van der Waals surface area contributed by atoms with Crippen molar-refractivity contribution in [2.75, 3.05) is 7.05 Å². The van der Waals surface area contributed by atoms with E-state index in [2.05, 4.69) is 48.2 Å². The molecule has 2 N–H and O–H groups in total.